The minimum atomic E-state index is 0.340. The van der Waals surface area contributed by atoms with Crippen molar-refractivity contribution in [2.75, 3.05) is 0 Å². The summed E-state index contributed by atoms with van der Waals surface area (Å²) in [5.41, 5.74) is 0.730. The lowest BCUT2D eigenvalue weighted by Gasteiger charge is -2.45. The van der Waals surface area contributed by atoms with Gasteiger partial charge in [0.2, 0.25) is 0 Å². The highest BCUT2D eigenvalue weighted by Crippen LogP contribution is 2.48. The quantitative estimate of drug-likeness (QED) is 0.589. The standard InChI is InChI=1S/C14H29/c1-9-10-14(7,8)12(11(2)3)13(4,5)6/h11H,9-10H2,1-8H3. The van der Waals surface area contributed by atoms with Crippen LogP contribution in [0.5, 0.6) is 0 Å². The molecule has 85 valence electrons. The van der Waals surface area contributed by atoms with E-state index < -0.39 is 0 Å². The fraction of sp³-hybridized carbons (Fsp3) is 0.929. The summed E-state index contributed by atoms with van der Waals surface area (Å²) in [7, 11) is 0. The average molecular weight is 197 g/mol. The van der Waals surface area contributed by atoms with Gasteiger partial charge in [0.15, 0.2) is 0 Å². The van der Waals surface area contributed by atoms with Crippen LogP contribution < -0.4 is 0 Å². The first-order valence-electron chi connectivity index (χ1n) is 6.00. The van der Waals surface area contributed by atoms with Crippen LogP contribution in [0, 0.1) is 22.7 Å². The lowest BCUT2D eigenvalue weighted by molar-refractivity contribution is 0.199. The fourth-order valence-electron chi connectivity index (χ4n) is 3.42. The van der Waals surface area contributed by atoms with E-state index in [0.29, 0.717) is 16.7 Å². The minimum Gasteiger partial charge on any atom is -0.0654 e. The van der Waals surface area contributed by atoms with Crippen molar-refractivity contribution < 1.29 is 0 Å². The van der Waals surface area contributed by atoms with Crippen LogP contribution in [0.1, 0.15) is 68.2 Å². The molecule has 0 aromatic carbocycles. The summed E-state index contributed by atoms with van der Waals surface area (Å²) in [5.74, 6) is 2.41. The van der Waals surface area contributed by atoms with Gasteiger partial charge in [-0.1, -0.05) is 61.8 Å². The Kier molecular flexibility index (Phi) is 4.68. The molecule has 0 aliphatic carbocycles. The first kappa shape index (κ1) is 14.0. The summed E-state index contributed by atoms with van der Waals surface area (Å²) >= 11 is 0. The number of hydrogen-bond donors (Lipinski definition) is 0. The summed E-state index contributed by atoms with van der Waals surface area (Å²) in [6, 6.07) is 0. The second-order valence-corrected chi connectivity index (χ2v) is 6.45. The summed E-state index contributed by atoms with van der Waals surface area (Å²) < 4.78 is 0. The molecule has 0 atom stereocenters. The van der Waals surface area contributed by atoms with Gasteiger partial charge in [0.25, 0.3) is 0 Å². The molecular formula is C14H29. The van der Waals surface area contributed by atoms with Gasteiger partial charge in [0.1, 0.15) is 0 Å². The zero-order valence-corrected chi connectivity index (χ0v) is 11.5. The third-order valence-corrected chi connectivity index (χ3v) is 2.99. The molecule has 0 fully saturated rings. The van der Waals surface area contributed by atoms with Crippen LogP contribution in [0.15, 0.2) is 0 Å². The maximum absolute atomic E-state index is 2.40. The Morgan fingerprint density at radius 3 is 1.64 bits per heavy atom. The molecule has 0 heteroatoms. The van der Waals surface area contributed by atoms with Gasteiger partial charge in [-0.25, -0.2) is 0 Å². The molecule has 14 heavy (non-hydrogen) atoms. The van der Waals surface area contributed by atoms with E-state index in [1.165, 1.54) is 12.8 Å². The van der Waals surface area contributed by atoms with Crippen LogP contribution in [-0.2, 0) is 0 Å². The van der Waals surface area contributed by atoms with Crippen molar-refractivity contribution in [3.63, 3.8) is 0 Å². The van der Waals surface area contributed by atoms with Gasteiger partial charge in [-0.15, -0.1) is 0 Å². The first-order chi connectivity index (χ1) is 6.13. The zero-order chi connectivity index (χ0) is 11.6. The molecule has 0 aliphatic heterocycles. The zero-order valence-electron chi connectivity index (χ0n) is 11.5. The van der Waals surface area contributed by atoms with Crippen molar-refractivity contribution in [2.24, 2.45) is 16.7 Å². The molecule has 1 radical (unpaired) electrons. The monoisotopic (exact) mass is 197 g/mol. The lowest BCUT2D eigenvalue weighted by atomic mass is 9.60. The smallest absolute Gasteiger partial charge is 0.0106 e. The van der Waals surface area contributed by atoms with Crippen molar-refractivity contribution in [1.82, 2.24) is 0 Å². The van der Waals surface area contributed by atoms with Gasteiger partial charge >= 0.3 is 0 Å². The van der Waals surface area contributed by atoms with Gasteiger partial charge < -0.3 is 0 Å². The number of hydrogen-bond acceptors (Lipinski definition) is 0. The Morgan fingerprint density at radius 2 is 1.43 bits per heavy atom. The van der Waals surface area contributed by atoms with Crippen LogP contribution in [0.2, 0.25) is 0 Å². The van der Waals surface area contributed by atoms with Crippen LogP contribution in [0.4, 0.5) is 0 Å². The van der Waals surface area contributed by atoms with Crippen LogP contribution in [-0.4, -0.2) is 0 Å². The Morgan fingerprint density at radius 1 is 1.00 bits per heavy atom. The summed E-state index contributed by atoms with van der Waals surface area (Å²) in [5, 5.41) is 0. The van der Waals surface area contributed by atoms with Gasteiger partial charge in [-0.05, 0) is 29.1 Å². The third kappa shape index (κ3) is 3.63. The summed E-state index contributed by atoms with van der Waals surface area (Å²) in [6.07, 6.45) is 2.58. The van der Waals surface area contributed by atoms with Gasteiger partial charge in [0.05, 0.1) is 0 Å². The molecule has 0 bridgehead atoms. The molecule has 0 aromatic rings. The van der Waals surface area contributed by atoms with Crippen LogP contribution in [0.25, 0.3) is 0 Å². The fourth-order valence-corrected chi connectivity index (χ4v) is 3.42. The Balaban J connectivity index is 4.82. The van der Waals surface area contributed by atoms with Crippen LogP contribution >= 0.6 is 0 Å². The highest BCUT2D eigenvalue weighted by atomic mass is 14.4. The maximum Gasteiger partial charge on any atom is -0.0106 e. The first-order valence-corrected chi connectivity index (χ1v) is 6.00. The number of rotatable bonds is 4. The molecule has 0 amide bonds. The topological polar surface area (TPSA) is 0 Å². The van der Waals surface area contributed by atoms with E-state index in [4.69, 9.17) is 0 Å². The van der Waals surface area contributed by atoms with Crippen molar-refractivity contribution in [3.8, 4) is 0 Å². The maximum atomic E-state index is 2.40. The van der Waals surface area contributed by atoms with E-state index in [1.54, 1.807) is 5.92 Å². The van der Waals surface area contributed by atoms with E-state index in [0.717, 1.165) is 0 Å². The van der Waals surface area contributed by atoms with Crippen molar-refractivity contribution in [2.45, 2.75) is 68.2 Å². The normalized spacial score (nSPS) is 14.1. The molecule has 0 nitrogen and oxygen atoms in total. The van der Waals surface area contributed by atoms with Crippen molar-refractivity contribution in [1.29, 1.82) is 0 Å². The molecular weight excluding hydrogens is 168 g/mol. The highest BCUT2D eigenvalue weighted by molar-refractivity contribution is 5.12. The molecule has 0 saturated carbocycles. The van der Waals surface area contributed by atoms with E-state index in [1.807, 2.05) is 0 Å². The molecule has 0 aliphatic rings. The molecule has 0 spiro atoms. The van der Waals surface area contributed by atoms with E-state index >= 15 is 0 Å². The van der Waals surface area contributed by atoms with Crippen molar-refractivity contribution in [3.05, 3.63) is 5.92 Å². The highest BCUT2D eigenvalue weighted by Gasteiger charge is 2.39. The summed E-state index contributed by atoms with van der Waals surface area (Å²) in [6.45, 7) is 18.8. The molecule has 0 unspecified atom stereocenters. The summed E-state index contributed by atoms with van der Waals surface area (Å²) in [4.78, 5) is 0. The molecule has 0 saturated heterocycles. The molecule has 0 rings (SSSR count). The third-order valence-electron chi connectivity index (χ3n) is 2.99. The van der Waals surface area contributed by atoms with Gasteiger partial charge in [-0.3, -0.25) is 0 Å². The lowest BCUT2D eigenvalue weighted by Crippen LogP contribution is -2.36. The molecule has 0 heterocycles. The van der Waals surface area contributed by atoms with E-state index in [9.17, 15) is 0 Å². The van der Waals surface area contributed by atoms with Gasteiger partial charge in [0, 0.05) is 0 Å². The largest absolute Gasteiger partial charge is 0.0654 e. The predicted molar refractivity (Wildman–Crippen MR) is 66.2 cm³/mol. The van der Waals surface area contributed by atoms with Gasteiger partial charge in [-0.2, -0.15) is 0 Å². The van der Waals surface area contributed by atoms with Crippen molar-refractivity contribution >= 4 is 0 Å². The second-order valence-electron chi connectivity index (χ2n) is 6.45. The Bertz CT molecular complexity index is 157. The van der Waals surface area contributed by atoms with Crippen LogP contribution in [0.3, 0.4) is 0 Å². The average Bonchev–Trinajstić information content (AvgIpc) is 1.78. The SMILES string of the molecule is CCCC(C)(C)[C](C(C)C)C(C)(C)C. The second kappa shape index (κ2) is 4.68. The Labute approximate surface area is 91.5 Å². The Hall–Kier alpha value is 0. The molecule has 0 N–H and O–H groups in total. The predicted octanol–water partition coefficient (Wildman–Crippen LogP) is 5.09. The van der Waals surface area contributed by atoms with E-state index in [2.05, 4.69) is 55.4 Å². The molecule has 0 aromatic heterocycles. The minimum absolute atomic E-state index is 0.340. The van der Waals surface area contributed by atoms with E-state index in [-0.39, 0.29) is 0 Å².